The van der Waals surface area contributed by atoms with Crippen LogP contribution in [0.5, 0.6) is 23.0 Å². The molecule has 3 aromatic carbocycles. The summed E-state index contributed by atoms with van der Waals surface area (Å²) < 4.78 is 27.2. The molecule has 0 saturated carbocycles. The number of carbonyl (C=O) groups excluding carboxylic acids is 2. The van der Waals surface area contributed by atoms with Crippen LogP contribution in [0, 0.1) is 0 Å². The molecule has 0 aliphatic heterocycles. The molecule has 0 aliphatic rings. The molecule has 0 fully saturated rings. The highest BCUT2D eigenvalue weighted by atomic mass is 16.6. The molecule has 1 N–H and O–H groups in total. The van der Waals surface area contributed by atoms with Gasteiger partial charge in [-0.15, -0.1) is 0 Å². The fourth-order valence-electron chi connectivity index (χ4n) is 3.19. The zero-order valence-electron chi connectivity index (χ0n) is 20.0. The molecular weight excluding hydrogens is 450 g/mol. The van der Waals surface area contributed by atoms with Crippen LogP contribution in [0.3, 0.4) is 0 Å². The van der Waals surface area contributed by atoms with Gasteiger partial charge in [-0.05, 0) is 48.9 Å². The van der Waals surface area contributed by atoms with Crippen molar-refractivity contribution in [1.29, 1.82) is 0 Å². The maximum absolute atomic E-state index is 12.7. The molecule has 1 amide bonds. The van der Waals surface area contributed by atoms with E-state index in [2.05, 4.69) is 5.32 Å². The van der Waals surface area contributed by atoms with Crippen molar-refractivity contribution in [2.24, 2.45) is 0 Å². The second-order valence-electron chi connectivity index (χ2n) is 7.46. The molecule has 0 bridgehead atoms. The summed E-state index contributed by atoms with van der Waals surface area (Å²) in [6.07, 6.45) is -1.00. The smallest absolute Gasteiger partial charge is 0.342 e. The topological polar surface area (TPSA) is 92.3 Å². The number of esters is 1. The van der Waals surface area contributed by atoms with Crippen LogP contribution in [0.25, 0.3) is 0 Å². The second kappa shape index (κ2) is 12.9. The highest BCUT2D eigenvalue weighted by molar-refractivity contribution is 5.94. The van der Waals surface area contributed by atoms with Crippen LogP contribution < -0.4 is 24.3 Å². The van der Waals surface area contributed by atoms with Crippen LogP contribution in [0.2, 0.25) is 0 Å². The van der Waals surface area contributed by atoms with Gasteiger partial charge in [-0.25, -0.2) is 4.79 Å². The molecule has 0 spiro atoms. The van der Waals surface area contributed by atoms with Gasteiger partial charge >= 0.3 is 5.97 Å². The van der Waals surface area contributed by atoms with Crippen LogP contribution in [0.15, 0.2) is 72.8 Å². The molecule has 1 unspecified atom stereocenters. The average molecular weight is 480 g/mol. The summed E-state index contributed by atoms with van der Waals surface area (Å²) in [5, 5.41) is 2.76. The lowest BCUT2D eigenvalue weighted by molar-refractivity contribution is -0.129. The van der Waals surface area contributed by atoms with E-state index in [1.165, 1.54) is 6.92 Å². The molecule has 0 heterocycles. The van der Waals surface area contributed by atoms with Crippen molar-refractivity contribution >= 4 is 11.9 Å². The van der Waals surface area contributed by atoms with Crippen LogP contribution in [0.4, 0.5) is 0 Å². The van der Waals surface area contributed by atoms with E-state index < -0.39 is 18.0 Å². The van der Waals surface area contributed by atoms with E-state index in [0.29, 0.717) is 23.9 Å². The van der Waals surface area contributed by atoms with Crippen molar-refractivity contribution in [1.82, 2.24) is 5.32 Å². The molecule has 35 heavy (non-hydrogen) atoms. The predicted molar refractivity (Wildman–Crippen MR) is 130 cm³/mol. The lowest BCUT2D eigenvalue weighted by atomic mass is 10.2. The minimum absolute atomic E-state index is 0.228. The van der Waals surface area contributed by atoms with Gasteiger partial charge in [0.2, 0.25) is 0 Å². The Morgan fingerprint density at radius 1 is 0.800 bits per heavy atom. The van der Waals surface area contributed by atoms with Gasteiger partial charge in [0, 0.05) is 6.54 Å². The molecule has 0 aromatic heterocycles. The first-order chi connectivity index (χ1) is 17.0. The SMILES string of the molecule is COc1ccc(CNC(=O)C(C)OC(=O)c2ccccc2OCCOc2ccccc2)cc1OC. The molecule has 0 radical (unpaired) electrons. The molecule has 8 nitrogen and oxygen atoms in total. The summed E-state index contributed by atoms with van der Waals surface area (Å²) in [7, 11) is 3.09. The number of nitrogens with one attached hydrogen (secondary N) is 1. The van der Waals surface area contributed by atoms with Gasteiger partial charge < -0.3 is 29.0 Å². The number of rotatable bonds is 12. The van der Waals surface area contributed by atoms with Crippen LogP contribution in [0.1, 0.15) is 22.8 Å². The first-order valence-electron chi connectivity index (χ1n) is 11.1. The number of methoxy groups -OCH3 is 2. The number of ether oxygens (including phenoxy) is 5. The van der Waals surface area contributed by atoms with Gasteiger partial charge in [0.15, 0.2) is 17.6 Å². The highest BCUT2D eigenvalue weighted by Gasteiger charge is 2.21. The largest absolute Gasteiger partial charge is 0.493 e. The number of para-hydroxylation sites is 2. The molecule has 0 saturated heterocycles. The molecular formula is C27H29NO7. The van der Waals surface area contributed by atoms with E-state index in [1.54, 1.807) is 50.6 Å². The van der Waals surface area contributed by atoms with Crippen LogP contribution >= 0.6 is 0 Å². The molecule has 8 heteroatoms. The Morgan fingerprint density at radius 3 is 2.23 bits per heavy atom. The standard InChI is InChI=1S/C27H29NO7/c1-19(26(29)28-18-20-13-14-24(31-2)25(17-20)32-3)35-27(30)22-11-7-8-12-23(22)34-16-15-33-21-9-5-4-6-10-21/h4-14,17,19H,15-16,18H2,1-3H3,(H,28,29). The van der Waals surface area contributed by atoms with Gasteiger partial charge in [0.1, 0.15) is 30.3 Å². The first-order valence-corrected chi connectivity index (χ1v) is 11.1. The van der Waals surface area contributed by atoms with Crippen molar-refractivity contribution in [3.63, 3.8) is 0 Å². The normalized spacial score (nSPS) is 11.2. The molecule has 184 valence electrons. The molecule has 0 aliphatic carbocycles. The van der Waals surface area contributed by atoms with Crippen molar-refractivity contribution in [2.75, 3.05) is 27.4 Å². The lowest BCUT2D eigenvalue weighted by Gasteiger charge is -2.16. The number of hydrogen-bond donors (Lipinski definition) is 1. The number of hydrogen-bond acceptors (Lipinski definition) is 7. The Morgan fingerprint density at radius 2 is 1.49 bits per heavy atom. The number of amides is 1. The Kier molecular flexibility index (Phi) is 9.36. The number of carbonyl (C=O) groups is 2. The zero-order chi connectivity index (χ0) is 25.0. The Bertz CT molecular complexity index is 1120. The summed E-state index contributed by atoms with van der Waals surface area (Å²) in [6.45, 7) is 2.30. The van der Waals surface area contributed by atoms with Crippen LogP contribution in [-0.2, 0) is 16.1 Å². The summed E-state index contributed by atoms with van der Waals surface area (Å²) in [5.41, 5.74) is 1.04. The van der Waals surface area contributed by atoms with E-state index in [9.17, 15) is 9.59 Å². The van der Waals surface area contributed by atoms with Crippen molar-refractivity contribution in [2.45, 2.75) is 19.6 Å². The molecule has 3 rings (SSSR count). The third-order valence-corrected chi connectivity index (χ3v) is 5.03. The zero-order valence-corrected chi connectivity index (χ0v) is 20.0. The summed E-state index contributed by atoms with van der Waals surface area (Å²) in [6, 6.07) is 21.4. The second-order valence-corrected chi connectivity index (χ2v) is 7.46. The van der Waals surface area contributed by atoms with E-state index in [4.69, 9.17) is 23.7 Å². The molecule has 3 aromatic rings. The maximum Gasteiger partial charge on any atom is 0.342 e. The Hall–Kier alpha value is -4.20. The summed E-state index contributed by atoms with van der Waals surface area (Å²) in [4.78, 5) is 25.2. The van der Waals surface area contributed by atoms with Gasteiger partial charge in [-0.1, -0.05) is 36.4 Å². The minimum Gasteiger partial charge on any atom is -0.493 e. The van der Waals surface area contributed by atoms with E-state index in [1.807, 2.05) is 36.4 Å². The predicted octanol–water partition coefficient (Wildman–Crippen LogP) is 4.02. The van der Waals surface area contributed by atoms with E-state index in [-0.39, 0.29) is 18.7 Å². The van der Waals surface area contributed by atoms with Gasteiger partial charge in [-0.2, -0.15) is 0 Å². The highest BCUT2D eigenvalue weighted by Crippen LogP contribution is 2.27. The minimum atomic E-state index is -1.00. The van der Waals surface area contributed by atoms with Crippen molar-refractivity contribution in [3.05, 3.63) is 83.9 Å². The van der Waals surface area contributed by atoms with Crippen molar-refractivity contribution < 1.29 is 33.3 Å². The number of benzene rings is 3. The fourth-order valence-corrected chi connectivity index (χ4v) is 3.19. The van der Waals surface area contributed by atoms with Crippen molar-refractivity contribution in [3.8, 4) is 23.0 Å². The summed E-state index contributed by atoms with van der Waals surface area (Å²) in [5.74, 6) is 1.16. The summed E-state index contributed by atoms with van der Waals surface area (Å²) >= 11 is 0. The van der Waals surface area contributed by atoms with Gasteiger partial charge in [0.25, 0.3) is 5.91 Å². The maximum atomic E-state index is 12.7. The fraction of sp³-hybridized carbons (Fsp3) is 0.259. The van der Waals surface area contributed by atoms with Crippen LogP contribution in [-0.4, -0.2) is 45.4 Å². The Labute approximate surface area is 204 Å². The van der Waals surface area contributed by atoms with Gasteiger partial charge in [0.05, 0.1) is 14.2 Å². The van der Waals surface area contributed by atoms with E-state index >= 15 is 0 Å². The van der Waals surface area contributed by atoms with E-state index in [0.717, 1.165) is 11.3 Å². The van der Waals surface area contributed by atoms with Gasteiger partial charge in [-0.3, -0.25) is 4.79 Å². The monoisotopic (exact) mass is 479 g/mol. The molecule has 1 atom stereocenters. The average Bonchev–Trinajstić information content (AvgIpc) is 2.90. The Balaban J connectivity index is 1.51. The first kappa shape index (κ1) is 25.4. The third-order valence-electron chi connectivity index (χ3n) is 5.03. The third kappa shape index (κ3) is 7.40. The quantitative estimate of drug-likeness (QED) is 0.310. The lowest BCUT2D eigenvalue weighted by Crippen LogP contribution is -2.35.